The van der Waals surface area contributed by atoms with Gasteiger partial charge in [0.1, 0.15) is 12.1 Å². The van der Waals surface area contributed by atoms with E-state index in [0.29, 0.717) is 23.4 Å². The molecule has 1 heterocycles. The SMILES string of the molecule is CCc1c(N)ncnc1Oc1c(C)cc(C)cc1[N+](=O)[O-]. The van der Waals surface area contributed by atoms with E-state index in [1.54, 1.807) is 13.8 Å². The van der Waals surface area contributed by atoms with Crippen molar-refractivity contribution < 1.29 is 9.66 Å². The molecule has 1 aromatic carbocycles. The predicted octanol–water partition coefficient (Wildman–Crippen LogP) is 2.94. The lowest BCUT2D eigenvalue weighted by molar-refractivity contribution is -0.385. The number of nitro benzene ring substituents is 1. The van der Waals surface area contributed by atoms with Crippen molar-refractivity contribution in [3.05, 3.63) is 45.3 Å². The summed E-state index contributed by atoms with van der Waals surface area (Å²) >= 11 is 0. The third-order valence-corrected chi connectivity index (χ3v) is 3.09. The number of aryl methyl sites for hydroxylation is 2. The molecule has 2 rings (SSSR count). The van der Waals surface area contributed by atoms with E-state index in [0.717, 1.165) is 5.56 Å². The third-order valence-electron chi connectivity index (χ3n) is 3.09. The van der Waals surface area contributed by atoms with Crippen LogP contribution in [0, 0.1) is 24.0 Å². The molecule has 7 nitrogen and oxygen atoms in total. The highest BCUT2D eigenvalue weighted by atomic mass is 16.6. The van der Waals surface area contributed by atoms with Gasteiger partial charge in [-0.3, -0.25) is 10.1 Å². The van der Waals surface area contributed by atoms with Crippen molar-refractivity contribution in [3.8, 4) is 11.6 Å². The second-order valence-electron chi connectivity index (χ2n) is 4.69. The van der Waals surface area contributed by atoms with Gasteiger partial charge in [-0.05, 0) is 31.4 Å². The van der Waals surface area contributed by atoms with Crippen LogP contribution in [0.1, 0.15) is 23.6 Å². The van der Waals surface area contributed by atoms with Crippen LogP contribution >= 0.6 is 0 Å². The Bertz CT molecular complexity index is 701. The highest BCUT2D eigenvalue weighted by molar-refractivity contribution is 5.56. The molecule has 0 aliphatic heterocycles. The summed E-state index contributed by atoms with van der Waals surface area (Å²) in [5.41, 5.74) is 7.78. The topological polar surface area (TPSA) is 104 Å². The maximum absolute atomic E-state index is 11.2. The second-order valence-corrected chi connectivity index (χ2v) is 4.69. The van der Waals surface area contributed by atoms with Gasteiger partial charge in [-0.25, -0.2) is 9.97 Å². The summed E-state index contributed by atoms with van der Waals surface area (Å²) in [4.78, 5) is 18.7. The van der Waals surface area contributed by atoms with Gasteiger partial charge in [0.15, 0.2) is 0 Å². The van der Waals surface area contributed by atoms with Crippen molar-refractivity contribution in [2.24, 2.45) is 0 Å². The predicted molar refractivity (Wildman–Crippen MR) is 78.5 cm³/mol. The zero-order valence-corrected chi connectivity index (χ0v) is 12.1. The van der Waals surface area contributed by atoms with Gasteiger partial charge in [-0.15, -0.1) is 0 Å². The molecule has 21 heavy (non-hydrogen) atoms. The molecule has 0 saturated carbocycles. The fourth-order valence-electron chi connectivity index (χ4n) is 2.13. The van der Waals surface area contributed by atoms with E-state index in [9.17, 15) is 10.1 Å². The summed E-state index contributed by atoms with van der Waals surface area (Å²) < 4.78 is 5.69. The molecule has 0 fully saturated rings. The molecular weight excluding hydrogens is 272 g/mol. The van der Waals surface area contributed by atoms with Gasteiger partial charge in [-0.1, -0.05) is 13.0 Å². The van der Waals surface area contributed by atoms with Gasteiger partial charge < -0.3 is 10.5 Å². The Morgan fingerprint density at radius 3 is 2.67 bits per heavy atom. The minimum absolute atomic E-state index is 0.0910. The van der Waals surface area contributed by atoms with E-state index in [1.807, 2.05) is 13.0 Å². The molecule has 0 aliphatic rings. The zero-order valence-electron chi connectivity index (χ0n) is 12.1. The Morgan fingerprint density at radius 1 is 1.33 bits per heavy atom. The highest BCUT2D eigenvalue weighted by Crippen LogP contribution is 2.36. The average Bonchev–Trinajstić information content (AvgIpc) is 2.41. The smallest absolute Gasteiger partial charge is 0.312 e. The molecular formula is C14H16N4O3. The number of anilines is 1. The minimum Gasteiger partial charge on any atom is -0.431 e. The lowest BCUT2D eigenvalue weighted by Crippen LogP contribution is -2.04. The van der Waals surface area contributed by atoms with E-state index in [1.165, 1.54) is 12.4 Å². The van der Waals surface area contributed by atoms with Crippen molar-refractivity contribution in [2.75, 3.05) is 5.73 Å². The first-order chi connectivity index (χ1) is 9.93. The lowest BCUT2D eigenvalue weighted by Gasteiger charge is -2.12. The molecule has 1 aromatic heterocycles. The summed E-state index contributed by atoms with van der Waals surface area (Å²) in [6.45, 7) is 5.44. The number of hydrogen-bond donors (Lipinski definition) is 1. The van der Waals surface area contributed by atoms with Gasteiger partial charge in [0.25, 0.3) is 0 Å². The molecule has 2 aromatic rings. The number of hydrogen-bond acceptors (Lipinski definition) is 6. The Kier molecular flexibility index (Phi) is 4.02. The Labute approximate surface area is 121 Å². The number of nitrogens with two attached hydrogens (primary N) is 1. The van der Waals surface area contributed by atoms with Crippen LogP contribution in [0.25, 0.3) is 0 Å². The number of nitrogen functional groups attached to an aromatic ring is 1. The molecule has 0 atom stereocenters. The number of ether oxygens (including phenoxy) is 1. The fraction of sp³-hybridized carbons (Fsp3) is 0.286. The van der Waals surface area contributed by atoms with Crippen LogP contribution < -0.4 is 10.5 Å². The molecule has 110 valence electrons. The quantitative estimate of drug-likeness (QED) is 0.685. The zero-order chi connectivity index (χ0) is 15.6. The lowest BCUT2D eigenvalue weighted by atomic mass is 10.1. The number of nitrogens with zero attached hydrogens (tertiary/aromatic N) is 3. The second kappa shape index (κ2) is 5.74. The molecule has 2 N–H and O–H groups in total. The van der Waals surface area contributed by atoms with Crippen LogP contribution in [-0.2, 0) is 6.42 Å². The van der Waals surface area contributed by atoms with Gasteiger partial charge in [0, 0.05) is 6.07 Å². The van der Waals surface area contributed by atoms with Gasteiger partial charge in [0.2, 0.25) is 11.6 Å². The molecule has 0 saturated heterocycles. The van der Waals surface area contributed by atoms with Crippen molar-refractivity contribution in [1.29, 1.82) is 0 Å². The average molecular weight is 288 g/mol. The van der Waals surface area contributed by atoms with Crippen molar-refractivity contribution >= 4 is 11.5 Å². The minimum atomic E-state index is -0.467. The van der Waals surface area contributed by atoms with Crippen LogP contribution in [0.5, 0.6) is 11.6 Å². The first-order valence-electron chi connectivity index (χ1n) is 6.46. The number of aromatic nitrogens is 2. The van der Waals surface area contributed by atoms with E-state index in [-0.39, 0.29) is 17.3 Å². The standard InChI is InChI=1S/C14H16N4O3/c1-4-10-13(15)16-7-17-14(10)21-12-9(3)5-8(2)6-11(12)18(19)20/h5-7H,4H2,1-3H3,(H2,15,16,17). The highest BCUT2D eigenvalue weighted by Gasteiger charge is 2.21. The monoisotopic (exact) mass is 288 g/mol. The summed E-state index contributed by atoms with van der Waals surface area (Å²) in [6, 6.07) is 3.29. The maximum Gasteiger partial charge on any atom is 0.312 e. The summed E-state index contributed by atoms with van der Waals surface area (Å²) in [6.07, 6.45) is 1.85. The molecule has 0 spiro atoms. The molecule has 0 amide bonds. The van der Waals surface area contributed by atoms with E-state index in [4.69, 9.17) is 10.5 Å². The number of rotatable bonds is 4. The van der Waals surface area contributed by atoms with Crippen LogP contribution in [-0.4, -0.2) is 14.9 Å². The van der Waals surface area contributed by atoms with Crippen LogP contribution in [0.3, 0.4) is 0 Å². The van der Waals surface area contributed by atoms with Gasteiger partial charge in [0.05, 0.1) is 10.5 Å². The normalized spacial score (nSPS) is 10.4. The Hall–Kier alpha value is -2.70. The van der Waals surface area contributed by atoms with Crippen molar-refractivity contribution in [2.45, 2.75) is 27.2 Å². The third kappa shape index (κ3) is 2.91. The first-order valence-corrected chi connectivity index (χ1v) is 6.46. The number of nitro groups is 1. The number of benzene rings is 1. The van der Waals surface area contributed by atoms with Crippen molar-refractivity contribution in [3.63, 3.8) is 0 Å². The van der Waals surface area contributed by atoms with Gasteiger partial charge in [-0.2, -0.15) is 0 Å². The van der Waals surface area contributed by atoms with Crippen LogP contribution in [0.2, 0.25) is 0 Å². The maximum atomic E-state index is 11.2. The van der Waals surface area contributed by atoms with Gasteiger partial charge >= 0.3 is 5.69 Å². The Balaban J connectivity index is 2.54. The van der Waals surface area contributed by atoms with Crippen molar-refractivity contribution in [1.82, 2.24) is 9.97 Å². The molecule has 0 unspecified atom stereocenters. The molecule has 0 aliphatic carbocycles. The summed E-state index contributed by atoms with van der Waals surface area (Å²) in [5, 5.41) is 11.2. The summed E-state index contributed by atoms with van der Waals surface area (Å²) in [5.74, 6) is 0.744. The largest absolute Gasteiger partial charge is 0.431 e. The Morgan fingerprint density at radius 2 is 2.05 bits per heavy atom. The van der Waals surface area contributed by atoms with E-state index < -0.39 is 4.92 Å². The summed E-state index contributed by atoms with van der Waals surface area (Å²) in [7, 11) is 0. The molecule has 7 heteroatoms. The molecule has 0 radical (unpaired) electrons. The first kappa shape index (κ1) is 14.7. The van der Waals surface area contributed by atoms with E-state index >= 15 is 0 Å². The fourth-order valence-corrected chi connectivity index (χ4v) is 2.13. The van der Waals surface area contributed by atoms with Crippen LogP contribution in [0.4, 0.5) is 11.5 Å². The molecule has 0 bridgehead atoms. The van der Waals surface area contributed by atoms with E-state index in [2.05, 4.69) is 9.97 Å². The van der Waals surface area contributed by atoms with Crippen LogP contribution in [0.15, 0.2) is 18.5 Å².